The lowest BCUT2D eigenvalue weighted by atomic mass is 10.0. The number of aromatic nitrogens is 1. The Hall–Kier alpha value is -1.94. The van der Waals surface area contributed by atoms with Crippen molar-refractivity contribution >= 4 is 16.8 Å². The topological polar surface area (TPSA) is 54.0 Å². The molecule has 0 bridgehead atoms. The number of benzene rings is 1. The molecule has 4 heteroatoms. The zero-order valence-electron chi connectivity index (χ0n) is 11.4. The molecule has 4 nitrogen and oxygen atoms in total. The molecule has 1 saturated heterocycles. The van der Waals surface area contributed by atoms with Gasteiger partial charge in [-0.3, -0.25) is 9.78 Å². The van der Waals surface area contributed by atoms with E-state index in [1.807, 2.05) is 30.3 Å². The average Bonchev–Trinajstić information content (AvgIpc) is 2.98. The molecule has 1 fully saturated rings. The Morgan fingerprint density at radius 3 is 3.10 bits per heavy atom. The maximum absolute atomic E-state index is 12.0. The van der Waals surface area contributed by atoms with Gasteiger partial charge in [0.05, 0.1) is 5.52 Å². The average molecular weight is 269 g/mol. The molecule has 0 aliphatic carbocycles. The lowest BCUT2D eigenvalue weighted by Gasteiger charge is -2.10. The predicted molar refractivity (Wildman–Crippen MR) is 79.2 cm³/mol. The monoisotopic (exact) mass is 269 g/mol. The van der Waals surface area contributed by atoms with Gasteiger partial charge in [0.2, 0.25) is 5.91 Å². The highest BCUT2D eigenvalue weighted by molar-refractivity contribution is 5.82. The van der Waals surface area contributed by atoms with E-state index >= 15 is 0 Å². The van der Waals surface area contributed by atoms with Crippen LogP contribution < -0.4 is 10.6 Å². The smallest absolute Gasteiger partial charge is 0.220 e. The first-order valence-electron chi connectivity index (χ1n) is 7.13. The van der Waals surface area contributed by atoms with Gasteiger partial charge in [-0.05, 0) is 43.1 Å². The summed E-state index contributed by atoms with van der Waals surface area (Å²) in [7, 11) is 0. The van der Waals surface area contributed by atoms with E-state index in [9.17, 15) is 4.79 Å². The van der Waals surface area contributed by atoms with Crippen LogP contribution in [0.2, 0.25) is 0 Å². The van der Waals surface area contributed by atoms with Crippen molar-refractivity contribution in [3.8, 4) is 0 Å². The van der Waals surface area contributed by atoms with Gasteiger partial charge in [-0.25, -0.2) is 0 Å². The summed E-state index contributed by atoms with van der Waals surface area (Å²) in [4.78, 5) is 16.3. The van der Waals surface area contributed by atoms with E-state index in [0.717, 1.165) is 36.0 Å². The standard InChI is InChI=1S/C16H19N3O/c20-16(9-12-5-7-17-10-12)19-11-13-6-8-18-15-4-2-1-3-14(13)15/h1-4,6,8,12,17H,5,7,9-11H2,(H,19,20)/t12-/m1/s1. The minimum Gasteiger partial charge on any atom is -0.352 e. The van der Waals surface area contributed by atoms with Gasteiger partial charge in [0, 0.05) is 24.5 Å². The number of para-hydroxylation sites is 1. The van der Waals surface area contributed by atoms with Crippen molar-refractivity contribution in [2.24, 2.45) is 5.92 Å². The van der Waals surface area contributed by atoms with E-state index in [1.54, 1.807) is 6.20 Å². The summed E-state index contributed by atoms with van der Waals surface area (Å²) in [6.07, 6.45) is 3.52. The largest absolute Gasteiger partial charge is 0.352 e. The Kier molecular flexibility index (Phi) is 3.92. The molecule has 1 aromatic heterocycles. The lowest BCUT2D eigenvalue weighted by molar-refractivity contribution is -0.122. The Labute approximate surface area is 118 Å². The SMILES string of the molecule is O=C(C[C@H]1CCNC1)NCc1ccnc2ccccc12. The Bertz CT molecular complexity index is 600. The van der Waals surface area contributed by atoms with E-state index in [2.05, 4.69) is 15.6 Å². The summed E-state index contributed by atoms with van der Waals surface area (Å²) in [5.41, 5.74) is 2.09. The summed E-state index contributed by atoms with van der Waals surface area (Å²) in [6.45, 7) is 2.57. The molecule has 1 amide bonds. The molecule has 1 aromatic carbocycles. The number of rotatable bonds is 4. The quantitative estimate of drug-likeness (QED) is 0.890. The fraction of sp³-hybridized carbons (Fsp3) is 0.375. The van der Waals surface area contributed by atoms with Crippen molar-refractivity contribution in [3.05, 3.63) is 42.1 Å². The number of nitrogens with zero attached hydrogens (tertiary/aromatic N) is 1. The second-order valence-corrected chi connectivity index (χ2v) is 5.33. The number of carbonyl (C=O) groups is 1. The normalized spacial score (nSPS) is 18.3. The predicted octanol–water partition coefficient (Wildman–Crippen LogP) is 1.85. The van der Waals surface area contributed by atoms with Crippen LogP contribution in [0, 0.1) is 5.92 Å². The molecule has 0 spiro atoms. The minimum absolute atomic E-state index is 0.139. The van der Waals surface area contributed by atoms with Crippen LogP contribution in [0.4, 0.5) is 0 Å². The first-order chi connectivity index (χ1) is 9.83. The molecule has 0 saturated carbocycles. The van der Waals surface area contributed by atoms with Crippen molar-refractivity contribution in [2.45, 2.75) is 19.4 Å². The molecular formula is C16H19N3O. The number of hydrogen-bond donors (Lipinski definition) is 2. The maximum Gasteiger partial charge on any atom is 0.220 e. The molecule has 3 rings (SSSR count). The van der Waals surface area contributed by atoms with Crippen LogP contribution in [0.5, 0.6) is 0 Å². The van der Waals surface area contributed by atoms with Crippen LogP contribution in [0.25, 0.3) is 10.9 Å². The first-order valence-corrected chi connectivity index (χ1v) is 7.13. The summed E-state index contributed by atoms with van der Waals surface area (Å²) < 4.78 is 0. The minimum atomic E-state index is 0.139. The van der Waals surface area contributed by atoms with Gasteiger partial charge in [-0.1, -0.05) is 18.2 Å². The van der Waals surface area contributed by atoms with E-state index in [-0.39, 0.29) is 5.91 Å². The summed E-state index contributed by atoms with van der Waals surface area (Å²) in [6, 6.07) is 9.99. The van der Waals surface area contributed by atoms with Crippen molar-refractivity contribution in [1.29, 1.82) is 0 Å². The van der Waals surface area contributed by atoms with Gasteiger partial charge in [-0.15, -0.1) is 0 Å². The van der Waals surface area contributed by atoms with E-state index in [4.69, 9.17) is 0 Å². The fourth-order valence-electron chi connectivity index (χ4n) is 2.73. The van der Waals surface area contributed by atoms with E-state index < -0.39 is 0 Å². The summed E-state index contributed by atoms with van der Waals surface area (Å²) >= 11 is 0. The molecular weight excluding hydrogens is 250 g/mol. The lowest BCUT2D eigenvalue weighted by Crippen LogP contribution is -2.26. The van der Waals surface area contributed by atoms with Crippen molar-refractivity contribution in [1.82, 2.24) is 15.6 Å². The molecule has 1 aliphatic heterocycles. The van der Waals surface area contributed by atoms with E-state index in [0.29, 0.717) is 18.9 Å². The Balaban J connectivity index is 1.63. The third-order valence-electron chi connectivity index (χ3n) is 3.85. The van der Waals surface area contributed by atoms with Gasteiger partial charge in [-0.2, -0.15) is 0 Å². The van der Waals surface area contributed by atoms with Crippen LogP contribution in [0.3, 0.4) is 0 Å². The molecule has 1 aliphatic rings. The molecule has 2 aromatic rings. The second kappa shape index (κ2) is 6.01. The number of fused-ring (bicyclic) bond motifs is 1. The van der Waals surface area contributed by atoms with Crippen molar-refractivity contribution in [2.75, 3.05) is 13.1 Å². The molecule has 2 N–H and O–H groups in total. The van der Waals surface area contributed by atoms with Crippen LogP contribution in [-0.2, 0) is 11.3 Å². The zero-order chi connectivity index (χ0) is 13.8. The highest BCUT2D eigenvalue weighted by atomic mass is 16.1. The van der Waals surface area contributed by atoms with Gasteiger partial charge in [0.25, 0.3) is 0 Å². The number of hydrogen-bond acceptors (Lipinski definition) is 3. The third-order valence-corrected chi connectivity index (χ3v) is 3.85. The van der Waals surface area contributed by atoms with Crippen LogP contribution >= 0.6 is 0 Å². The van der Waals surface area contributed by atoms with Crippen LogP contribution in [-0.4, -0.2) is 24.0 Å². The van der Waals surface area contributed by atoms with Crippen molar-refractivity contribution < 1.29 is 4.79 Å². The second-order valence-electron chi connectivity index (χ2n) is 5.33. The molecule has 104 valence electrons. The molecule has 0 unspecified atom stereocenters. The Morgan fingerprint density at radius 1 is 1.35 bits per heavy atom. The van der Waals surface area contributed by atoms with Crippen LogP contribution in [0.1, 0.15) is 18.4 Å². The summed E-state index contributed by atoms with van der Waals surface area (Å²) in [5.74, 6) is 0.628. The highest BCUT2D eigenvalue weighted by Crippen LogP contribution is 2.16. The first kappa shape index (κ1) is 13.1. The molecule has 20 heavy (non-hydrogen) atoms. The number of carbonyl (C=O) groups excluding carboxylic acids is 1. The zero-order valence-corrected chi connectivity index (χ0v) is 11.4. The van der Waals surface area contributed by atoms with Gasteiger partial charge < -0.3 is 10.6 Å². The number of nitrogens with one attached hydrogen (secondary N) is 2. The number of amides is 1. The molecule has 1 atom stereocenters. The van der Waals surface area contributed by atoms with Crippen LogP contribution in [0.15, 0.2) is 36.5 Å². The summed E-state index contributed by atoms with van der Waals surface area (Å²) in [5, 5.41) is 7.42. The van der Waals surface area contributed by atoms with Gasteiger partial charge >= 0.3 is 0 Å². The van der Waals surface area contributed by atoms with E-state index in [1.165, 1.54) is 0 Å². The number of pyridine rings is 1. The fourth-order valence-corrected chi connectivity index (χ4v) is 2.73. The highest BCUT2D eigenvalue weighted by Gasteiger charge is 2.17. The molecule has 0 radical (unpaired) electrons. The Morgan fingerprint density at radius 2 is 2.25 bits per heavy atom. The third kappa shape index (κ3) is 2.96. The van der Waals surface area contributed by atoms with Crippen molar-refractivity contribution in [3.63, 3.8) is 0 Å². The molecule has 2 heterocycles. The van der Waals surface area contributed by atoms with Gasteiger partial charge in [0.15, 0.2) is 0 Å². The maximum atomic E-state index is 12.0. The van der Waals surface area contributed by atoms with Gasteiger partial charge in [0.1, 0.15) is 0 Å².